The van der Waals surface area contributed by atoms with Gasteiger partial charge in [-0.05, 0) is 73.1 Å². The second kappa shape index (κ2) is 6.02. The Bertz CT molecular complexity index is 428. The molecule has 98 valence electrons. The quantitative estimate of drug-likeness (QED) is 0.816. The standard InChI is InChI=1S/C14H19IN2O/c1-2-14(6-8-16-9-7-14)13(18)17-12-5-3-4-11(15)10-12/h3-5,10,16H,2,6-9H2,1H3,(H,17,18). The molecule has 0 spiro atoms. The summed E-state index contributed by atoms with van der Waals surface area (Å²) in [6.07, 6.45) is 2.77. The van der Waals surface area contributed by atoms with Gasteiger partial charge in [-0.15, -0.1) is 0 Å². The summed E-state index contributed by atoms with van der Waals surface area (Å²) in [6, 6.07) is 7.95. The van der Waals surface area contributed by atoms with Crippen LogP contribution in [0.1, 0.15) is 26.2 Å². The monoisotopic (exact) mass is 358 g/mol. The first-order valence-corrected chi connectivity index (χ1v) is 7.52. The lowest BCUT2D eigenvalue weighted by atomic mass is 9.76. The zero-order valence-corrected chi connectivity index (χ0v) is 12.8. The normalized spacial score (nSPS) is 18.3. The van der Waals surface area contributed by atoms with Gasteiger partial charge in [-0.2, -0.15) is 0 Å². The molecule has 0 radical (unpaired) electrons. The molecular weight excluding hydrogens is 339 g/mol. The minimum atomic E-state index is -0.188. The van der Waals surface area contributed by atoms with Gasteiger partial charge in [0.25, 0.3) is 0 Å². The van der Waals surface area contributed by atoms with Crippen molar-refractivity contribution in [3.05, 3.63) is 27.8 Å². The number of piperidine rings is 1. The highest BCUT2D eigenvalue weighted by atomic mass is 127. The maximum Gasteiger partial charge on any atom is 0.230 e. The maximum absolute atomic E-state index is 12.5. The number of amides is 1. The van der Waals surface area contributed by atoms with E-state index in [1.54, 1.807) is 0 Å². The first-order chi connectivity index (χ1) is 8.66. The molecule has 1 amide bonds. The summed E-state index contributed by atoms with van der Waals surface area (Å²) in [6.45, 7) is 3.99. The van der Waals surface area contributed by atoms with Crippen molar-refractivity contribution in [3.63, 3.8) is 0 Å². The molecule has 2 N–H and O–H groups in total. The molecule has 0 saturated carbocycles. The first-order valence-electron chi connectivity index (χ1n) is 6.44. The molecule has 2 rings (SSSR count). The molecule has 1 aliphatic rings. The van der Waals surface area contributed by atoms with Crippen LogP contribution in [0, 0.1) is 8.99 Å². The largest absolute Gasteiger partial charge is 0.326 e. The van der Waals surface area contributed by atoms with Crippen LogP contribution in [-0.4, -0.2) is 19.0 Å². The van der Waals surface area contributed by atoms with Crippen LogP contribution < -0.4 is 10.6 Å². The van der Waals surface area contributed by atoms with E-state index in [-0.39, 0.29) is 11.3 Å². The molecule has 0 aliphatic carbocycles. The Morgan fingerprint density at radius 1 is 1.44 bits per heavy atom. The summed E-state index contributed by atoms with van der Waals surface area (Å²) in [7, 11) is 0. The number of carbonyl (C=O) groups excluding carboxylic acids is 1. The molecule has 0 atom stereocenters. The first kappa shape index (κ1) is 13.8. The predicted molar refractivity (Wildman–Crippen MR) is 82.6 cm³/mol. The Morgan fingerprint density at radius 3 is 2.78 bits per heavy atom. The molecule has 18 heavy (non-hydrogen) atoms. The Hall–Kier alpha value is -0.620. The van der Waals surface area contributed by atoms with E-state index < -0.39 is 0 Å². The van der Waals surface area contributed by atoms with Gasteiger partial charge in [-0.25, -0.2) is 0 Å². The van der Waals surface area contributed by atoms with Crippen molar-refractivity contribution in [3.8, 4) is 0 Å². The van der Waals surface area contributed by atoms with Crippen LogP contribution in [0.2, 0.25) is 0 Å². The van der Waals surface area contributed by atoms with Crippen LogP contribution in [0.3, 0.4) is 0 Å². The zero-order chi connectivity index (χ0) is 13.0. The Morgan fingerprint density at radius 2 is 2.17 bits per heavy atom. The Kier molecular flexibility index (Phi) is 4.61. The molecule has 1 aliphatic heterocycles. The maximum atomic E-state index is 12.5. The number of benzene rings is 1. The van der Waals surface area contributed by atoms with E-state index in [0.717, 1.165) is 41.6 Å². The fraction of sp³-hybridized carbons (Fsp3) is 0.500. The summed E-state index contributed by atoms with van der Waals surface area (Å²) < 4.78 is 1.14. The van der Waals surface area contributed by atoms with Gasteiger partial charge in [0.1, 0.15) is 0 Å². The van der Waals surface area contributed by atoms with Crippen LogP contribution in [-0.2, 0) is 4.79 Å². The van der Waals surface area contributed by atoms with E-state index in [2.05, 4.69) is 40.1 Å². The number of nitrogens with one attached hydrogen (secondary N) is 2. The third-order valence-electron chi connectivity index (χ3n) is 3.80. The molecule has 1 saturated heterocycles. The molecule has 1 aromatic carbocycles. The predicted octanol–water partition coefficient (Wildman–Crippen LogP) is 3.01. The third-order valence-corrected chi connectivity index (χ3v) is 4.47. The average molecular weight is 358 g/mol. The molecule has 1 aromatic rings. The molecule has 0 bridgehead atoms. The van der Waals surface area contributed by atoms with Crippen molar-refractivity contribution >= 4 is 34.2 Å². The van der Waals surface area contributed by atoms with Gasteiger partial charge >= 0.3 is 0 Å². The number of carbonyl (C=O) groups is 1. The summed E-state index contributed by atoms with van der Waals surface area (Å²) in [5.74, 6) is 0.175. The van der Waals surface area contributed by atoms with Gasteiger partial charge in [0.2, 0.25) is 5.91 Å². The van der Waals surface area contributed by atoms with Crippen LogP contribution in [0.5, 0.6) is 0 Å². The smallest absolute Gasteiger partial charge is 0.230 e. The molecule has 1 fully saturated rings. The highest BCUT2D eigenvalue weighted by Crippen LogP contribution is 2.33. The molecule has 0 unspecified atom stereocenters. The summed E-state index contributed by atoms with van der Waals surface area (Å²) in [5, 5.41) is 6.39. The second-order valence-corrected chi connectivity index (χ2v) is 6.09. The number of anilines is 1. The van der Waals surface area contributed by atoms with E-state index in [4.69, 9.17) is 0 Å². The molecule has 0 aromatic heterocycles. The van der Waals surface area contributed by atoms with Gasteiger partial charge in [0, 0.05) is 9.26 Å². The molecule has 4 heteroatoms. The van der Waals surface area contributed by atoms with Crippen molar-refractivity contribution in [2.24, 2.45) is 5.41 Å². The lowest BCUT2D eigenvalue weighted by Gasteiger charge is -2.35. The van der Waals surface area contributed by atoms with Crippen molar-refractivity contribution < 1.29 is 4.79 Å². The molecule has 3 nitrogen and oxygen atoms in total. The van der Waals surface area contributed by atoms with E-state index >= 15 is 0 Å². The van der Waals surface area contributed by atoms with Gasteiger partial charge < -0.3 is 10.6 Å². The minimum absolute atomic E-state index is 0.175. The summed E-state index contributed by atoms with van der Waals surface area (Å²) >= 11 is 2.26. The van der Waals surface area contributed by atoms with Crippen LogP contribution >= 0.6 is 22.6 Å². The topological polar surface area (TPSA) is 41.1 Å². The number of rotatable bonds is 3. The van der Waals surface area contributed by atoms with E-state index in [0.29, 0.717) is 0 Å². The van der Waals surface area contributed by atoms with Gasteiger partial charge in [-0.1, -0.05) is 13.0 Å². The lowest BCUT2D eigenvalue weighted by molar-refractivity contribution is -0.127. The average Bonchev–Trinajstić information content (AvgIpc) is 2.39. The van der Waals surface area contributed by atoms with Crippen molar-refractivity contribution in [2.75, 3.05) is 18.4 Å². The number of hydrogen-bond acceptors (Lipinski definition) is 2. The second-order valence-electron chi connectivity index (χ2n) is 4.85. The van der Waals surface area contributed by atoms with Gasteiger partial charge in [-0.3, -0.25) is 4.79 Å². The zero-order valence-electron chi connectivity index (χ0n) is 10.6. The SMILES string of the molecule is CCC1(C(=O)Nc2cccc(I)c2)CCNCC1. The minimum Gasteiger partial charge on any atom is -0.326 e. The van der Waals surface area contributed by atoms with Gasteiger partial charge in [0.05, 0.1) is 5.41 Å². The number of halogens is 1. The van der Waals surface area contributed by atoms with Crippen LogP contribution in [0.25, 0.3) is 0 Å². The van der Waals surface area contributed by atoms with E-state index in [9.17, 15) is 4.79 Å². The summed E-state index contributed by atoms with van der Waals surface area (Å²) in [4.78, 5) is 12.5. The van der Waals surface area contributed by atoms with E-state index in [1.807, 2.05) is 24.3 Å². The Balaban J connectivity index is 2.10. The van der Waals surface area contributed by atoms with Crippen LogP contribution in [0.15, 0.2) is 24.3 Å². The van der Waals surface area contributed by atoms with E-state index in [1.165, 1.54) is 0 Å². The highest BCUT2D eigenvalue weighted by molar-refractivity contribution is 14.1. The van der Waals surface area contributed by atoms with Crippen molar-refractivity contribution in [2.45, 2.75) is 26.2 Å². The fourth-order valence-electron chi connectivity index (χ4n) is 2.48. The summed E-state index contributed by atoms with van der Waals surface area (Å²) in [5.41, 5.74) is 0.713. The number of hydrogen-bond donors (Lipinski definition) is 2. The molecule has 1 heterocycles. The fourth-order valence-corrected chi connectivity index (χ4v) is 3.02. The molecular formula is C14H19IN2O. The van der Waals surface area contributed by atoms with Gasteiger partial charge in [0.15, 0.2) is 0 Å². The Labute approximate surface area is 122 Å². The van der Waals surface area contributed by atoms with Crippen molar-refractivity contribution in [1.82, 2.24) is 5.32 Å². The highest BCUT2D eigenvalue weighted by Gasteiger charge is 2.37. The third kappa shape index (κ3) is 3.03. The lowest BCUT2D eigenvalue weighted by Crippen LogP contribution is -2.44. The van der Waals surface area contributed by atoms with Crippen LogP contribution in [0.4, 0.5) is 5.69 Å². The van der Waals surface area contributed by atoms with Crippen molar-refractivity contribution in [1.29, 1.82) is 0 Å².